The molecule has 242 valence electrons. The molecule has 3 aromatic rings. The second kappa shape index (κ2) is 13.5. The number of aromatic nitrogens is 1. The Kier molecular flexibility index (Phi) is 10.0. The molecule has 2 amide bonds. The highest BCUT2D eigenvalue weighted by atomic mass is 35.5. The van der Waals surface area contributed by atoms with Crippen LogP contribution in [0.2, 0.25) is 5.02 Å². The van der Waals surface area contributed by atoms with Gasteiger partial charge in [-0.05, 0) is 42.0 Å². The summed E-state index contributed by atoms with van der Waals surface area (Å²) in [6, 6.07) is 9.21. The van der Waals surface area contributed by atoms with Crippen LogP contribution in [0.15, 0.2) is 41.3 Å². The maximum Gasteiger partial charge on any atom is 0.317 e. The Labute approximate surface area is 276 Å². The first-order valence-electron chi connectivity index (χ1n) is 14.4. The minimum absolute atomic E-state index is 0. The lowest BCUT2D eigenvalue weighted by atomic mass is 10.1. The third-order valence-electron chi connectivity index (χ3n) is 8.42. The monoisotopic (exact) mass is 696 g/mol. The second-order valence-corrected chi connectivity index (χ2v) is 14.9. The fraction of sp³-hybridized carbons (Fsp3) is 0.448. The van der Waals surface area contributed by atoms with Gasteiger partial charge in [-0.1, -0.05) is 23.7 Å². The summed E-state index contributed by atoms with van der Waals surface area (Å²) in [5.74, 6) is -1.69. The molecule has 0 bridgehead atoms. The van der Waals surface area contributed by atoms with Gasteiger partial charge in [0.05, 0.1) is 17.1 Å². The van der Waals surface area contributed by atoms with Crippen molar-refractivity contribution in [2.45, 2.75) is 36.9 Å². The van der Waals surface area contributed by atoms with E-state index in [0.29, 0.717) is 41.5 Å². The third-order valence-corrected chi connectivity index (χ3v) is 11.6. The number of rotatable bonds is 6. The normalized spacial score (nSPS) is 21.3. The van der Waals surface area contributed by atoms with Crippen molar-refractivity contribution in [3.8, 4) is 0 Å². The van der Waals surface area contributed by atoms with Gasteiger partial charge in [0, 0.05) is 74.7 Å². The van der Waals surface area contributed by atoms with Gasteiger partial charge in [0.2, 0.25) is 15.9 Å². The number of nitrogens with one attached hydrogen (secondary N) is 1. The number of piperazine rings is 2. The van der Waals surface area contributed by atoms with E-state index in [1.807, 2.05) is 0 Å². The lowest BCUT2D eigenvalue weighted by Crippen LogP contribution is -2.63. The summed E-state index contributed by atoms with van der Waals surface area (Å²) >= 11 is 7.41. The number of hydrogen-bond donors (Lipinski definition) is 2. The maximum atomic E-state index is 14.0. The number of amides is 2. The molecule has 0 aliphatic carbocycles. The van der Waals surface area contributed by atoms with E-state index in [4.69, 9.17) is 16.7 Å². The smallest absolute Gasteiger partial charge is 0.317 e. The Morgan fingerprint density at radius 1 is 1.04 bits per heavy atom. The quantitative estimate of drug-likeness (QED) is 0.396. The van der Waals surface area contributed by atoms with Gasteiger partial charge in [-0.2, -0.15) is 4.31 Å². The molecule has 16 heteroatoms. The van der Waals surface area contributed by atoms with Crippen LogP contribution in [0.25, 0.3) is 10.8 Å². The predicted octanol–water partition coefficient (Wildman–Crippen LogP) is 2.15. The van der Waals surface area contributed by atoms with Gasteiger partial charge in [-0.25, -0.2) is 13.4 Å². The number of fused-ring (bicyclic) bond motifs is 2. The molecule has 2 aromatic carbocycles. The van der Waals surface area contributed by atoms with Gasteiger partial charge in [-0.3, -0.25) is 19.3 Å². The van der Waals surface area contributed by atoms with Gasteiger partial charge in [-0.15, -0.1) is 23.7 Å². The van der Waals surface area contributed by atoms with Crippen molar-refractivity contribution in [2.24, 2.45) is 0 Å². The third kappa shape index (κ3) is 6.97. The standard InChI is InChI=1S/C29H33ClN6O6S2.ClH/c1-18-12-23-25(15-31-18)43-27(32-23)29(40)36-11-10-35(16-24(36)28(39)34-8-6-33(7-9-34)17-26(37)38)44(41,42)22-5-3-19-13-21(30)4-2-20(19)14-22;/h2-5,13-14,18,24,31H,6-12,15-17H2,1H3,(H,37,38);1H. The van der Waals surface area contributed by atoms with Crippen LogP contribution in [0.1, 0.15) is 27.3 Å². The first-order chi connectivity index (χ1) is 21.0. The van der Waals surface area contributed by atoms with Crippen LogP contribution in [0.4, 0.5) is 0 Å². The molecular formula is C29H34Cl2N6O6S2. The molecule has 0 radical (unpaired) electrons. The topological polar surface area (TPSA) is 143 Å². The van der Waals surface area contributed by atoms with Crippen LogP contribution >= 0.6 is 35.3 Å². The zero-order valence-corrected chi connectivity index (χ0v) is 27.7. The molecule has 0 saturated carbocycles. The Morgan fingerprint density at radius 2 is 1.76 bits per heavy atom. The van der Waals surface area contributed by atoms with E-state index in [2.05, 4.69) is 17.2 Å². The van der Waals surface area contributed by atoms with E-state index in [0.717, 1.165) is 16.0 Å². The van der Waals surface area contributed by atoms with Crippen molar-refractivity contribution >= 4 is 73.9 Å². The van der Waals surface area contributed by atoms with E-state index in [1.54, 1.807) is 40.1 Å². The molecule has 45 heavy (non-hydrogen) atoms. The SMILES string of the molecule is CC1Cc2nc(C(=O)N3CCN(S(=O)(=O)c4ccc5cc(Cl)ccc5c4)CC3C(=O)N3CCN(CC(=O)O)CC3)sc2CN1.Cl. The molecule has 3 aliphatic rings. The molecule has 4 heterocycles. The van der Waals surface area contributed by atoms with Crippen LogP contribution < -0.4 is 5.32 Å². The molecule has 3 aliphatic heterocycles. The number of sulfonamides is 1. The van der Waals surface area contributed by atoms with Crippen molar-refractivity contribution in [3.63, 3.8) is 0 Å². The van der Waals surface area contributed by atoms with Gasteiger partial charge in [0.25, 0.3) is 5.91 Å². The molecule has 2 atom stereocenters. The van der Waals surface area contributed by atoms with E-state index in [-0.39, 0.29) is 74.4 Å². The maximum absolute atomic E-state index is 14.0. The zero-order valence-electron chi connectivity index (χ0n) is 24.5. The van der Waals surface area contributed by atoms with E-state index in [1.165, 1.54) is 26.6 Å². The summed E-state index contributed by atoms with van der Waals surface area (Å²) in [5, 5.41) is 14.9. The number of nitrogens with zero attached hydrogens (tertiary/aromatic N) is 5. The summed E-state index contributed by atoms with van der Waals surface area (Å²) in [6.07, 6.45) is 0.700. The molecule has 2 N–H and O–H groups in total. The van der Waals surface area contributed by atoms with Crippen LogP contribution in [-0.4, -0.2) is 120 Å². The number of benzene rings is 2. The second-order valence-electron chi connectivity index (χ2n) is 11.4. The molecule has 1 aromatic heterocycles. The van der Waals surface area contributed by atoms with Crippen molar-refractivity contribution in [1.82, 2.24) is 29.3 Å². The first kappa shape index (κ1) is 33.5. The molecule has 6 rings (SSSR count). The summed E-state index contributed by atoms with van der Waals surface area (Å²) in [4.78, 5) is 49.6. The number of thiazole rings is 1. The highest BCUT2D eigenvalue weighted by Crippen LogP contribution is 2.29. The number of halogens is 2. The summed E-state index contributed by atoms with van der Waals surface area (Å²) in [7, 11) is -4.01. The minimum atomic E-state index is -4.01. The van der Waals surface area contributed by atoms with E-state index >= 15 is 0 Å². The highest BCUT2D eigenvalue weighted by molar-refractivity contribution is 7.89. The first-order valence-corrected chi connectivity index (χ1v) is 17.1. The predicted molar refractivity (Wildman–Crippen MR) is 173 cm³/mol. The van der Waals surface area contributed by atoms with E-state index < -0.39 is 22.0 Å². The molecular weight excluding hydrogens is 663 g/mol. The number of carboxylic acids is 1. The van der Waals surface area contributed by atoms with Crippen molar-refractivity contribution in [1.29, 1.82) is 0 Å². The van der Waals surface area contributed by atoms with Crippen molar-refractivity contribution in [3.05, 3.63) is 57.0 Å². The minimum Gasteiger partial charge on any atom is -0.480 e. The zero-order chi connectivity index (χ0) is 31.2. The van der Waals surface area contributed by atoms with Gasteiger partial charge >= 0.3 is 5.97 Å². The summed E-state index contributed by atoms with van der Waals surface area (Å²) < 4.78 is 29.1. The van der Waals surface area contributed by atoms with Crippen LogP contribution in [-0.2, 0) is 32.6 Å². The van der Waals surface area contributed by atoms with Crippen LogP contribution in [0.5, 0.6) is 0 Å². The molecule has 12 nitrogen and oxygen atoms in total. The summed E-state index contributed by atoms with van der Waals surface area (Å²) in [6.45, 7) is 3.68. The average Bonchev–Trinajstić information content (AvgIpc) is 3.43. The number of hydrogen-bond acceptors (Lipinski definition) is 9. The van der Waals surface area contributed by atoms with E-state index in [9.17, 15) is 22.8 Å². The lowest BCUT2D eigenvalue weighted by molar-refractivity contribution is -0.141. The van der Waals surface area contributed by atoms with Crippen molar-refractivity contribution in [2.75, 3.05) is 52.4 Å². The summed E-state index contributed by atoms with van der Waals surface area (Å²) in [5.41, 5.74) is 0.876. The van der Waals surface area contributed by atoms with Gasteiger partial charge < -0.3 is 20.2 Å². The fourth-order valence-corrected chi connectivity index (χ4v) is 8.64. The largest absolute Gasteiger partial charge is 0.480 e. The lowest BCUT2D eigenvalue weighted by Gasteiger charge is -2.43. The highest BCUT2D eigenvalue weighted by Gasteiger charge is 2.43. The van der Waals surface area contributed by atoms with Crippen LogP contribution in [0, 0.1) is 0 Å². The molecule has 2 unspecified atom stereocenters. The number of carbonyl (C=O) groups excluding carboxylic acids is 2. The molecule has 0 spiro atoms. The van der Waals surface area contributed by atoms with Gasteiger partial charge in [0.15, 0.2) is 5.01 Å². The molecule has 2 saturated heterocycles. The Morgan fingerprint density at radius 3 is 2.49 bits per heavy atom. The number of carboxylic acid groups (broad SMARTS) is 1. The van der Waals surface area contributed by atoms with Crippen LogP contribution in [0.3, 0.4) is 0 Å². The Hall–Kier alpha value is -2.85. The Balaban J connectivity index is 0.00000400. The number of carbonyl (C=O) groups is 3. The average molecular weight is 698 g/mol. The fourth-order valence-electron chi connectivity index (χ4n) is 5.99. The van der Waals surface area contributed by atoms with Gasteiger partial charge in [0.1, 0.15) is 6.04 Å². The molecule has 2 fully saturated rings. The number of aliphatic carboxylic acids is 1. The van der Waals surface area contributed by atoms with Crippen molar-refractivity contribution < 1.29 is 27.9 Å². The Bertz CT molecular complexity index is 1730.